The number of nitrogens with zero attached hydrogens (tertiary/aromatic N) is 1. The third-order valence-corrected chi connectivity index (χ3v) is 8.73. The van der Waals surface area contributed by atoms with Crippen LogP contribution in [0.15, 0.2) is 47.4 Å². The zero-order chi connectivity index (χ0) is 22.9. The van der Waals surface area contributed by atoms with Crippen LogP contribution in [0.25, 0.3) is 0 Å². The van der Waals surface area contributed by atoms with Gasteiger partial charge in [0.25, 0.3) is 0 Å². The Morgan fingerprint density at radius 2 is 1.94 bits per heavy atom. The van der Waals surface area contributed by atoms with Crippen molar-refractivity contribution in [3.05, 3.63) is 59.2 Å². The van der Waals surface area contributed by atoms with E-state index in [0.717, 1.165) is 56.6 Å². The first-order valence-corrected chi connectivity index (χ1v) is 13.0. The number of benzene rings is 2. The lowest BCUT2D eigenvalue weighted by atomic mass is 9.56. The number of piperidine rings is 1. The van der Waals surface area contributed by atoms with E-state index in [4.69, 9.17) is 9.88 Å². The monoisotopic (exact) mass is 457 g/mol. The number of hydrogen-bond acceptors (Lipinski definition) is 5. The van der Waals surface area contributed by atoms with Crippen LogP contribution in [0.3, 0.4) is 0 Å². The maximum atomic E-state index is 11.4. The molecule has 2 aromatic rings. The predicted octanol–water partition coefficient (Wildman–Crippen LogP) is 2.70. The highest BCUT2D eigenvalue weighted by atomic mass is 32.2. The number of likely N-dealkylation sites (N-methyl/N-ethyl adjacent to an activating group) is 1. The van der Waals surface area contributed by atoms with Crippen molar-refractivity contribution in [2.75, 3.05) is 33.8 Å². The Kier molecular flexibility index (Phi) is 6.63. The SMILES string of the molecule is COc1ccc2c(c1)[C@@]1(CCNCCc3ccc(S(N)(=O)=O)cc3)CCN(C)[C@H](C2)[C@@H]1C. The Bertz CT molecular complexity index is 1050. The van der Waals surface area contributed by atoms with Gasteiger partial charge in [-0.05, 0) is 99.2 Å². The van der Waals surface area contributed by atoms with E-state index < -0.39 is 10.0 Å². The zero-order valence-corrected chi connectivity index (χ0v) is 20.1. The number of sulfonamides is 1. The molecule has 1 aliphatic carbocycles. The summed E-state index contributed by atoms with van der Waals surface area (Å²) in [6, 6.07) is 14.1. The van der Waals surface area contributed by atoms with E-state index in [1.165, 1.54) is 11.1 Å². The maximum Gasteiger partial charge on any atom is 0.238 e. The Morgan fingerprint density at radius 1 is 1.19 bits per heavy atom. The van der Waals surface area contributed by atoms with Crippen molar-refractivity contribution < 1.29 is 13.2 Å². The van der Waals surface area contributed by atoms with Crippen LogP contribution >= 0.6 is 0 Å². The smallest absolute Gasteiger partial charge is 0.238 e. The van der Waals surface area contributed by atoms with E-state index in [-0.39, 0.29) is 10.3 Å². The highest BCUT2D eigenvalue weighted by molar-refractivity contribution is 7.89. The first-order chi connectivity index (χ1) is 15.2. The van der Waals surface area contributed by atoms with E-state index in [1.54, 1.807) is 19.2 Å². The Hall–Kier alpha value is -1.93. The number of methoxy groups -OCH3 is 1. The first kappa shape index (κ1) is 23.2. The molecule has 7 heteroatoms. The van der Waals surface area contributed by atoms with Crippen LogP contribution < -0.4 is 15.2 Å². The summed E-state index contributed by atoms with van der Waals surface area (Å²) < 4.78 is 28.4. The van der Waals surface area contributed by atoms with Gasteiger partial charge >= 0.3 is 0 Å². The minimum absolute atomic E-state index is 0.158. The van der Waals surface area contributed by atoms with Crippen LogP contribution in [0.2, 0.25) is 0 Å². The molecule has 3 N–H and O–H groups in total. The quantitative estimate of drug-likeness (QED) is 0.596. The highest BCUT2D eigenvalue weighted by Crippen LogP contribution is 2.51. The molecule has 4 rings (SSSR count). The Labute approximate surface area is 192 Å². The Balaban J connectivity index is 1.42. The molecule has 0 amide bonds. The van der Waals surface area contributed by atoms with E-state index in [0.29, 0.717) is 12.0 Å². The average molecular weight is 458 g/mol. The van der Waals surface area contributed by atoms with Gasteiger partial charge in [0, 0.05) is 11.5 Å². The van der Waals surface area contributed by atoms with Crippen LogP contribution in [0.1, 0.15) is 36.5 Å². The molecule has 32 heavy (non-hydrogen) atoms. The second-order valence-electron chi connectivity index (χ2n) is 9.41. The fourth-order valence-corrected chi connectivity index (χ4v) is 6.30. The predicted molar refractivity (Wildman–Crippen MR) is 128 cm³/mol. The molecule has 1 fully saturated rings. The molecule has 1 heterocycles. The van der Waals surface area contributed by atoms with Crippen LogP contribution in [0, 0.1) is 5.92 Å². The summed E-state index contributed by atoms with van der Waals surface area (Å²) in [5, 5.41) is 8.81. The fourth-order valence-electron chi connectivity index (χ4n) is 5.78. The van der Waals surface area contributed by atoms with Gasteiger partial charge in [0.05, 0.1) is 12.0 Å². The van der Waals surface area contributed by atoms with Crippen molar-refractivity contribution in [1.29, 1.82) is 0 Å². The number of nitrogens with one attached hydrogen (secondary N) is 1. The lowest BCUT2D eigenvalue weighted by Crippen LogP contribution is -2.58. The maximum absolute atomic E-state index is 11.4. The normalized spacial score (nSPS) is 25.4. The number of nitrogens with two attached hydrogens (primary N) is 1. The summed E-state index contributed by atoms with van der Waals surface area (Å²) in [7, 11) is 0.371. The largest absolute Gasteiger partial charge is 0.497 e. The van der Waals surface area contributed by atoms with E-state index in [1.807, 2.05) is 12.1 Å². The van der Waals surface area contributed by atoms with Crippen molar-refractivity contribution in [2.24, 2.45) is 11.1 Å². The summed E-state index contributed by atoms with van der Waals surface area (Å²) in [6.45, 7) is 5.36. The number of ether oxygens (including phenoxy) is 1. The number of fused-ring (bicyclic) bond motifs is 4. The summed E-state index contributed by atoms with van der Waals surface area (Å²) >= 11 is 0. The lowest BCUT2D eigenvalue weighted by molar-refractivity contribution is 0.0360. The van der Waals surface area contributed by atoms with Crippen molar-refractivity contribution in [1.82, 2.24) is 10.2 Å². The molecule has 1 saturated heterocycles. The molecule has 0 radical (unpaired) electrons. The molecule has 0 aromatic heterocycles. The molecule has 0 saturated carbocycles. The molecule has 2 bridgehead atoms. The molecule has 2 aromatic carbocycles. The number of hydrogen-bond donors (Lipinski definition) is 2. The van der Waals surface area contributed by atoms with Gasteiger partial charge in [-0.1, -0.05) is 25.1 Å². The van der Waals surface area contributed by atoms with Crippen molar-refractivity contribution in [2.45, 2.75) is 49.0 Å². The molecule has 3 atom stereocenters. The van der Waals surface area contributed by atoms with Gasteiger partial charge in [0.1, 0.15) is 5.75 Å². The highest BCUT2D eigenvalue weighted by Gasteiger charge is 2.50. The van der Waals surface area contributed by atoms with Gasteiger partial charge in [-0.25, -0.2) is 13.6 Å². The summed E-state index contributed by atoms with van der Waals surface area (Å²) in [6.07, 6.45) is 4.23. The van der Waals surface area contributed by atoms with Crippen LogP contribution in [0.4, 0.5) is 0 Å². The van der Waals surface area contributed by atoms with E-state index in [2.05, 4.69) is 42.4 Å². The van der Waals surface area contributed by atoms with E-state index >= 15 is 0 Å². The van der Waals surface area contributed by atoms with Gasteiger partial charge in [0.15, 0.2) is 0 Å². The third kappa shape index (κ3) is 4.44. The molecular weight excluding hydrogens is 422 g/mol. The summed E-state index contributed by atoms with van der Waals surface area (Å²) in [5.74, 6) is 1.54. The topological polar surface area (TPSA) is 84.7 Å². The summed E-state index contributed by atoms with van der Waals surface area (Å²) in [5.41, 5.74) is 4.22. The fraction of sp³-hybridized carbons (Fsp3) is 0.520. The molecule has 1 aliphatic heterocycles. The lowest BCUT2D eigenvalue weighted by Gasteiger charge is -2.55. The first-order valence-electron chi connectivity index (χ1n) is 11.4. The molecule has 2 aliphatic rings. The minimum Gasteiger partial charge on any atom is -0.497 e. The van der Waals surface area contributed by atoms with Crippen LogP contribution in [0.5, 0.6) is 5.75 Å². The Morgan fingerprint density at radius 3 is 2.62 bits per heavy atom. The van der Waals surface area contributed by atoms with Crippen LogP contribution in [-0.4, -0.2) is 53.2 Å². The zero-order valence-electron chi connectivity index (χ0n) is 19.3. The number of primary sulfonamides is 1. The van der Waals surface area contributed by atoms with Crippen molar-refractivity contribution >= 4 is 10.0 Å². The van der Waals surface area contributed by atoms with Gasteiger partial charge in [-0.3, -0.25) is 0 Å². The summed E-state index contributed by atoms with van der Waals surface area (Å²) in [4.78, 5) is 2.69. The second kappa shape index (κ2) is 9.14. The second-order valence-corrected chi connectivity index (χ2v) is 11.0. The van der Waals surface area contributed by atoms with Gasteiger partial charge in [-0.2, -0.15) is 0 Å². The van der Waals surface area contributed by atoms with Crippen molar-refractivity contribution in [3.8, 4) is 5.75 Å². The van der Waals surface area contributed by atoms with Gasteiger partial charge < -0.3 is 15.0 Å². The molecule has 174 valence electrons. The third-order valence-electron chi connectivity index (χ3n) is 7.80. The number of rotatable bonds is 8. The average Bonchev–Trinajstić information content (AvgIpc) is 2.77. The number of likely N-dealkylation sites (tertiary alicyclic amines) is 1. The molecule has 6 nitrogen and oxygen atoms in total. The van der Waals surface area contributed by atoms with Crippen LogP contribution in [-0.2, 0) is 28.3 Å². The molecule has 0 unspecified atom stereocenters. The van der Waals surface area contributed by atoms with Crippen molar-refractivity contribution in [3.63, 3.8) is 0 Å². The molecular formula is C25H35N3O3S. The van der Waals surface area contributed by atoms with Gasteiger partial charge in [-0.15, -0.1) is 0 Å². The standard InChI is InChI=1S/C25H35N3O3S/c1-18-24-16-20-6-7-21(31-3)17-23(20)25(18,12-15-28(24)2)11-14-27-13-10-19-4-8-22(9-5-19)32(26,29)30/h4-9,17-18,24,27H,10-16H2,1-3H3,(H2,26,29,30)/t18-,24+,25-/m0/s1. The molecule has 0 spiro atoms. The minimum atomic E-state index is -3.64. The van der Waals surface area contributed by atoms with E-state index in [9.17, 15) is 8.42 Å². The van der Waals surface area contributed by atoms with Gasteiger partial charge in [0.2, 0.25) is 10.0 Å².